The van der Waals surface area contributed by atoms with Gasteiger partial charge in [-0.05, 0) is 40.2 Å². The second-order valence-electron chi connectivity index (χ2n) is 7.13. The predicted octanol–water partition coefficient (Wildman–Crippen LogP) is 3.24. The van der Waals surface area contributed by atoms with E-state index in [1.807, 2.05) is 4.90 Å². The van der Waals surface area contributed by atoms with E-state index in [2.05, 4.69) is 20.9 Å². The molecule has 1 aromatic heterocycles. The number of amides is 1. The molecule has 1 amide bonds. The molecule has 1 unspecified atom stereocenters. The van der Waals surface area contributed by atoms with Crippen molar-refractivity contribution in [2.24, 2.45) is 0 Å². The topological polar surface area (TPSA) is 94.1 Å². The highest BCUT2D eigenvalue weighted by Gasteiger charge is 2.42. The molecule has 2 aliphatic heterocycles. The SMILES string of the molecule is O=C(O)N1CCN2c3ncc(Br)cc3N(S(=O)(=O)c3cccc(C(F)(F)F)c3)CC2C1. The Morgan fingerprint density at radius 2 is 1.94 bits per heavy atom. The molecule has 0 bridgehead atoms. The molecule has 1 atom stereocenters. The number of hydrogen-bond acceptors (Lipinski definition) is 5. The van der Waals surface area contributed by atoms with Crippen molar-refractivity contribution in [1.29, 1.82) is 0 Å². The summed E-state index contributed by atoms with van der Waals surface area (Å²) >= 11 is 3.26. The van der Waals surface area contributed by atoms with Gasteiger partial charge in [0.15, 0.2) is 5.82 Å². The summed E-state index contributed by atoms with van der Waals surface area (Å²) in [7, 11) is -4.38. The van der Waals surface area contributed by atoms with Crippen LogP contribution in [0, 0.1) is 0 Å². The highest BCUT2D eigenvalue weighted by Crippen LogP contribution is 2.40. The molecule has 0 aliphatic carbocycles. The van der Waals surface area contributed by atoms with Crippen LogP contribution >= 0.6 is 15.9 Å². The van der Waals surface area contributed by atoms with E-state index in [1.54, 1.807) is 0 Å². The number of alkyl halides is 3. The van der Waals surface area contributed by atoms with Crippen molar-refractivity contribution < 1.29 is 31.5 Å². The molecule has 3 heterocycles. The minimum atomic E-state index is -4.70. The maximum Gasteiger partial charge on any atom is 0.416 e. The molecule has 4 rings (SSSR count). The molecular formula is C18H16BrF3N4O4S. The lowest BCUT2D eigenvalue weighted by atomic mass is 10.1. The molecule has 1 saturated heterocycles. The van der Waals surface area contributed by atoms with Crippen molar-refractivity contribution in [1.82, 2.24) is 9.88 Å². The fraction of sp³-hybridized carbons (Fsp3) is 0.333. The van der Waals surface area contributed by atoms with E-state index in [4.69, 9.17) is 0 Å². The number of piperazine rings is 1. The van der Waals surface area contributed by atoms with Crippen molar-refractivity contribution in [3.63, 3.8) is 0 Å². The lowest BCUT2D eigenvalue weighted by Gasteiger charge is -2.47. The third-order valence-corrected chi connectivity index (χ3v) is 7.44. The minimum Gasteiger partial charge on any atom is -0.465 e. The van der Waals surface area contributed by atoms with Gasteiger partial charge in [-0.3, -0.25) is 4.31 Å². The second kappa shape index (κ2) is 7.55. The maximum atomic E-state index is 13.4. The number of aromatic nitrogens is 1. The van der Waals surface area contributed by atoms with Gasteiger partial charge in [0.2, 0.25) is 0 Å². The number of sulfonamides is 1. The highest BCUT2D eigenvalue weighted by molar-refractivity contribution is 9.10. The van der Waals surface area contributed by atoms with Crippen molar-refractivity contribution in [2.45, 2.75) is 17.1 Å². The first-order valence-corrected chi connectivity index (χ1v) is 11.3. The maximum absolute atomic E-state index is 13.4. The average Bonchev–Trinajstić information content (AvgIpc) is 2.71. The minimum absolute atomic E-state index is 0.0428. The van der Waals surface area contributed by atoms with Crippen LogP contribution in [0.25, 0.3) is 0 Å². The molecule has 0 spiro atoms. The van der Waals surface area contributed by atoms with E-state index in [-0.39, 0.29) is 25.3 Å². The van der Waals surface area contributed by atoms with Crippen molar-refractivity contribution in [3.8, 4) is 0 Å². The lowest BCUT2D eigenvalue weighted by Crippen LogP contribution is -2.61. The molecule has 8 nitrogen and oxygen atoms in total. The van der Waals surface area contributed by atoms with Gasteiger partial charge < -0.3 is 14.9 Å². The molecule has 0 saturated carbocycles. The average molecular weight is 521 g/mol. The van der Waals surface area contributed by atoms with Crippen LogP contribution in [0.5, 0.6) is 0 Å². The normalized spacial score (nSPS) is 19.1. The monoisotopic (exact) mass is 520 g/mol. The lowest BCUT2D eigenvalue weighted by molar-refractivity contribution is -0.137. The first kappa shape index (κ1) is 21.7. The van der Waals surface area contributed by atoms with Crippen LogP contribution < -0.4 is 9.21 Å². The number of pyridine rings is 1. The number of halogens is 4. The smallest absolute Gasteiger partial charge is 0.416 e. The highest BCUT2D eigenvalue weighted by atomic mass is 79.9. The van der Waals surface area contributed by atoms with Gasteiger partial charge in [-0.2, -0.15) is 13.2 Å². The fourth-order valence-electron chi connectivity index (χ4n) is 3.77. The van der Waals surface area contributed by atoms with Crippen LogP contribution in [0.4, 0.5) is 29.5 Å². The van der Waals surface area contributed by atoms with Crippen LogP contribution in [-0.2, 0) is 16.2 Å². The molecule has 1 aromatic carbocycles. The third kappa shape index (κ3) is 3.91. The molecule has 0 radical (unpaired) electrons. The van der Waals surface area contributed by atoms with Crippen LogP contribution in [0.3, 0.4) is 0 Å². The molecule has 2 aromatic rings. The number of fused-ring (bicyclic) bond motifs is 3. The summed E-state index contributed by atoms with van der Waals surface area (Å²) < 4.78 is 67.7. The Labute approximate surface area is 184 Å². The summed E-state index contributed by atoms with van der Waals surface area (Å²) in [6.45, 7) is 0.452. The van der Waals surface area contributed by atoms with Crippen molar-refractivity contribution in [2.75, 3.05) is 35.4 Å². The zero-order chi connectivity index (χ0) is 22.6. The summed E-state index contributed by atoms with van der Waals surface area (Å²) in [6, 6.07) is 4.54. The summed E-state index contributed by atoms with van der Waals surface area (Å²) in [5.74, 6) is 0.333. The van der Waals surface area contributed by atoms with Crippen molar-refractivity contribution >= 4 is 43.6 Å². The van der Waals surface area contributed by atoms with E-state index >= 15 is 0 Å². The Bertz CT molecular complexity index is 1140. The van der Waals surface area contributed by atoms with E-state index < -0.39 is 38.8 Å². The quantitative estimate of drug-likeness (QED) is 0.653. The largest absolute Gasteiger partial charge is 0.465 e. The van der Waals surface area contributed by atoms with Crippen LogP contribution in [0.15, 0.2) is 45.9 Å². The van der Waals surface area contributed by atoms with Gasteiger partial charge in [-0.1, -0.05) is 6.07 Å². The molecule has 13 heteroatoms. The molecule has 1 fully saturated rings. The molecule has 1 N–H and O–H groups in total. The molecule has 31 heavy (non-hydrogen) atoms. The molecular weight excluding hydrogens is 505 g/mol. The van der Waals surface area contributed by atoms with Crippen LogP contribution in [0.1, 0.15) is 5.56 Å². The number of carbonyl (C=O) groups is 1. The first-order valence-electron chi connectivity index (χ1n) is 9.08. The Morgan fingerprint density at radius 1 is 1.19 bits per heavy atom. The zero-order valence-corrected chi connectivity index (χ0v) is 18.2. The number of carboxylic acid groups (broad SMARTS) is 1. The van der Waals surface area contributed by atoms with Crippen LogP contribution in [-0.4, -0.2) is 61.7 Å². The van der Waals surface area contributed by atoms with Crippen molar-refractivity contribution in [3.05, 3.63) is 46.6 Å². The third-order valence-electron chi connectivity index (χ3n) is 5.23. The second-order valence-corrected chi connectivity index (χ2v) is 9.91. The summed E-state index contributed by atoms with van der Waals surface area (Å²) in [5.41, 5.74) is -0.860. The fourth-order valence-corrected chi connectivity index (χ4v) is 5.63. The van der Waals surface area contributed by atoms with Gasteiger partial charge >= 0.3 is 12.3 Å². The Morgan fingerprint density at radius 3 is 2.61 bits per heavy atom. The first-order chi connectivity index (χ1) is 14.5. The van der Waals surface area contributed by atoms with Gasteiger partial charge in [0.05, 0.1) is 28.7 Å². The standard InChI is InChI=1S/C18H16BrF3N4O4S/c19-12-7-15-16(23-8-12)25-5-4-24(17(27)28)9-13(25)10-26(15)31(29,30)14-3-1-2-11(6-14)18(20,21)22/h1-3,6-8,13H,4-5,9-10H2,(H,27,28). The summed E-state index contributed by atoms with van der Waals surface area (Å²) in [5, 5.41) is 9.32. The number of benzene rings is 1. The van der Waals surface area contributed by atoms with E-state index in [9.17, 15) is 31.5 Å². The Balaban J connectivity index is 1.80. The Kier molecular flexibility index (Phi) is 5.28. The van der Waals surface area contributed by atoms with Gasteiger partial charge in [0.25, 0.3) is 10.0 Å². The molecule has 2 aliphatic rings. The number of rotatable bonds is 2. The number of nitrogens with zero attached hydrogens (tertiary/aromatic N) is 4. The van der Waals surface area contributed by atoms with E-state index in [0.717, 1.165) is 22.5 Å². The van der Waals surface area contributed by atoms with Gasteiger partial charge in [0.1, 0.15) is 0 Å². The van der Waals surface area contributed by atoms with E-state index in [0.29, 0.717) is 22.9 Å². The van der Waals surface area contributed by atoms with E-state index in [1.165, 1.54) is 17.2 Å². The van der Waals surface area contributed by atoms with Gasteiger partial charge in [-0.25, -0.2) is 18.2 Å². The predicted molar refractivity (Wildman–Crippen MR) is 109 cm³/mol. The molecule has 166 valence electrons. The summed E-state index contributed by atoms with van der Waals surface area (Å²) in [4.78, 5) is 18.2. The number of anilines is 2. The number of hydrogen-bond donors (Lipinski definition) is 1. The summed E-state index contributed by atoms with van der Waals surface area (Å²) in [6.07, 6.45) is -4.33. The zero-order valence-electron chi connectivity index (χ0n) is 15.8. The van der Waals surface area contributed by atoms with Gasteiger partial charge in [-0.15, -0.1) is 0 Å². The Hall–Kier alpha value is -2.54. The van der Waals surface area contributed by atoms with Gasteiger partial charge in [0, 0.05) is 30.3 Å². The van der Waals surface area contributed by atoms with Crippen LogP contribution in [0.2, 0.25) is 0 Å².